The summed E-state index contributed by atoms with van der Waals surface area (Å²) in [6, 6.07) is 1.81. The SMILES string of the molecule is CCNc1ncc(Br)cc1C(=O)NCC1(N(C)C)CCC1. The highest BCUT2D eigenvalue weighted by Gasteiger charge is 2.39. The van der Waals surface area contributed by atoms with E-state index in [0.717, 1.165) is 23.9 Å². The van der Waals surface area contributed by atoms with Crippen LogP contribution in [0.2, 0.25) is 0 Å². The number of pyridine rings is 1. The number of rotatable bonds is 6. The molecule has 0 spiro atoms. The van der Waals surface area contributed by atoms with Gasteiger partial charge in [-0.2, -0.15) is 0 Å². The van der Waals surface area contributed by atoms with Gasteiger partial charge in [0.2, 0.25) is 0 Å². The maximum atomic E-state index is 12.5. The molecule has 0 aliphatic heterocycles. The highest BCUT2D eigenvalue weighted by molar-refractivity contribution is 9.10. The van der Waals surface area contributed by atoms with Crippen molar-refractivity contribution < 1.29 is 4.79 Å². The van der Waals surface area contributed by atoms with E-state index < -0.39 is 0 Å². The Morgan fingerprint density at radius 3 is 2.71 bits per heavy atom. The molecule has 0 radical (unpaired) electrons. The number of anilines is 1. The lowest BCUT2D eigenvalue weighted by Gasteiger charge is -2.47. The van der Waals surface area contributed by atoms with E-state index >= 15 is 0 Å². The van der Waals surface area contributed by atoms with E-state index in [0.29, 0.717) is 17.9 Å². The molecule has 6 heteroatoms. The maximum Gasteiger partial charge on any atom is 0.255 e. The maximum absolute atomic E-state index is 12.5. The number of carbonyl (C=O) groups is 1. The monoisotopic (exact) mass is 354 g/mol. The molecule has 2 rings (SSSR count). The number of carbonyl (C=O) groups excluding carboxylic acids is 1. The van der Waals surface area contributed by atoms with E-state index in [1.165, 1.54) is 6.42 Å². The summed E-state index contributed by atoms with van der Waals surface area (Å²) in [4.78, 5) is 19.0. The van der Waals surface area contributed by atoms with Crippen LogP contribution in [-0.4, -0.2) is 48.5 Å². The zero-order chi connectivity index (χ0) is 15.5. The van der Waals surface area contributed by atoms with Crippen molar-refractivity contribution in [3.05, 3.63) is 22.3 Å². The summed E-state index contributed by atoms with van der Waals surface area (Å²) in [5, 5.41) is 6.20. The third-order valence-corrected chi connectivity index (χ3v) is 4.69. The standard InChI is InChI=1S/C15H23BrN4O/c1-4-17-13-12(8-11(16)9-18-13)14(21)19-10-15(20(2)3)6-5-7-15/h8-9H,4-7,10H2,1-3H3,(H,17,18)(H,19,21). The number of nitrogens with one attached hydrogen (secondary N) is 2. The number of hydrogen-bond acceptors (Lipinski definition) is 4. The Morgan fingerprint density at radius 1 is 1.48 bits per heavy atom. The average Bonchev–Trinajstić information content (AvgIpc) is 2.39. The summed E-state index contributed by atoms with van der Waals surface area (Å²) in [5.41, 5.74) is 0.701. The van der Waals surface area contributed by atoms with Crippen molar-refractivity contribution in [2.45, 2.75) is 31.7 Å². The lowest BCUT2D eigenvalue weighted by atomic mass is 9.75. The molecule has 0 unspecified atom stereocenters. The Hall–Kier alpha value is -1.14. The molecule has 0 bridgehead atoms. The van der Waals surface area contributed by atoms with E-state index in [2.05, 4.69) is 50.5 Å². The molecule has 1 aliphatic rings. The lowest BCUT2D eigenvalue weighted by Crippen LogP contribution is -2.57. The second kappa shape index (κ2) is 6.75. The van der Waals surface area contributed by atoms with Crippen molar-refractivity contribution in [2.24, 2.45) is 0 Å². The predicted molar refractivity (Wildman–Crippen MR) is 88.7 cm³/mol. The van der Waals surface area contributed by atoms with Gasteiger partial charge in [-0.15, -0.1) is 0 Å². The van der Waals surface area contributed by atoms with Crippen LogP contribution >= 0.6 is 15.9 Å². The summed E-state index contributed by atoms with van der Waals surface area (Å²) in [6.07, 6.45) is 5.20. The topological polar surface area (TPSA) is 57.3 Å². The van der Waals surface area contributed by atoms with Crippen molar-refractivity contribution in [2.75, 3.05) is 32.5 Å². The minimum Gasteiger partial charge on any atom is -0.370 e. The third kappa shape index (κ3) is 3.55. The van der Waals surface area contributed by atoms with Crippen molar-refractivity contribution in [1.82, 2.24) is 15.2 Å². The van der Waals surface area contributed by atoms with E-state index in [1.54, 1.807) is 6.20 Å². The van der Waals surface area contributed by atoms with Gasteiger partial charge in [0.1, 0.15) is 5.82 Å². The molecule has 116 valence electrons. The Balaban J connectivity index is 2.08. The molecule has 0 atom stereocenters. The van der Waals surface area contributed by atoms with Crippen LogP contribution in [0.25, 0.3) is 0 Å². The first-order valence-corrected chi connectivity index (χ1v) is 8.13. The molecular formula is C15H23BrN4O. The van der Waals surface area contributed by atoms with E-state index in [9.17, 15) is 4.79 Å². The first-order valence-electron chi connectivity index (χ1n) is 7.33. The molecule has 0 aromatic carbocycles. The molecular weight excluding hydrogens is 332 g/mol. The number of halogens is 1. The van der Waals surface area contributed by atoms with E-state index in [-0.39, 0.29) is 11.4 Å². The van der Waals surface area contributed by atoms with Gasteiger partial charge in [-0.05, 0) is 62.3 Å². The summed E-state index contributed by atoms with van der Waals surface area (Å²) < 4.78 is 0.806. The van der Waals surface area contributed by atoms with Gasteiger partial charge in [-0.1, -0.05) is 0 Å². The van der Waals surface area contributed by atoms with Gasteiger partial charge in [0.25, 0.3) is 5.91 Å². The summed E-state index contributed by atoms with van der Waals surface area (Å²) >= 11 is 3.38. The molecule has 5 nitrogen and oxygen atoms in total. The predicted octanol–water partition coefficient (Wildman–Crippen LogP) is 2.49. The number of aromatic nitrogens is 1. The van der Waals surface area contributed by atoms with Crippen LogP contribution in [0.1, 0.15) is 36.5 Å². The molecule has 1 fully saturated rings. The Bertz CT molecular complexity index is 514. The second-order valence-corrected chi connectivity index (χ2v) is 6.65. The fourth-order valence-electron chi connectivity index (χ4n) is 2.63. The molecule has 1 aromatic heterocycles. The first-order chi connectivity index (χ1) is 9.98. The van der Waals surface area contributed by atoms with Gasteiger partial charge in [-0.3, -0.25) is 4.79 Å². The molecule has 1 aromatic rings. The Morgan fingerprint density at radius 2 is 2.19 bits per heavy atom. The highest BCUT2D eigenvalue weighted by Crippen LogP contribution is 2.35. The van der Waals surface area contributed by atoms with Gasteiger partial charge in [-0.25, -0.2) is 4.98 Å². The van der Waals surface area contributed by atoms with Crippen molar-refractivity contribution in [3.8, 4) is 0 Å². The smallest absolute Gasteiger partial charge is 0.255 e. The summed E-state index contributed by atoms with van der Waals surface area (Å²) in [5.74, 6) is 0.554. The second-order valence-electron chi connectivity index (χ2n) is 5.74. The number of hydrogen-bond donors (Lipinski definition) is 2. The lowest BCUT2D eigenvalue weighted by molar-refractivity contribution is 0.0558. The van der Waals surface area contributed by atoms with E-state index in [1.807, 2.05) is 13.0 Å². The third-order valence-electron chi connectivity index (χ3n) is 4.25. The molecule has 0 saturated heterocycles. The van der Waals surface area contributed by atoms with Gasteiger partial charge >= 0.3 is 0 Å². The minimum absolute atomic E-state index is 0.0760. The van der Waals surface area contributed by atoms with Crippen molar-refractivity contribution in [1.29, 1.82) is 0 Å². The molecule has 1 saturated carbocycles. The number of nitrogens with zero attached hydrogens (tertiary/aromatic N) is 2. The first kappa shape index (κ1) is 16.2. The molecule has 2 N–H and O–H groups in total. The van der Waals surface area contributed by atoms with Gasteiger partial charge in [0, 0.05) is 29.3 Å². The largest absolute Gasteiger partial charge is 0.370 e. The average molecular weight is 355 g/mol. The Kier molecular flexibility index (Phi) is 5.22. The fraction of sp³-hybridized carbons (Fsp3) is 0.600. The fourth-order valence-corrected chi connectivity index (χ4v) is 2.96. The normalized spacial score (nSPS) is 16.4. The van der Waals surface area contributed by atoms with Crippen LogP contribution in [0.3, 0.4) is 0 Å². The number of amides is 1. The Labute approximate surface area is 134 Å². The molecule has 21 heavy (non-hydrogen) atoms. The summed E-state index contributed by atoms with van der Waals surface area (Å²) in [6.45, 7) is 3.40. The minimum atomic E-state index is -0.0760. The molecule has 1 amide bonds. The van der Waals surface area contributed by atoms with Crippen molar-refractivity contribution >= 4 is 27.7 Å². The quantitative estimate of drug-likeness (QED) is 0.823. The molecule has 1 aliphatic carbocycles. The number of likely N-dealkylation sites (N-methyl/N-ethyl adjacent to an activating group) is 1. The highest BCUT2D eigenvalue weighted by atomic mass is 79.9. The van der Waals surface area contributed by atoms with Gasteiger partial charge in [0.15, 0.2) is 0 Å². The zero-order valence-electron chi connectivity index (χ0n) is 12.9. The van der Waals surface area contributed by atoms with Crippen LogP contribution in [0.4, 0.5) is 5.82 Å². The molecule has 1 heterocycles. The zero-order valence-corrected chi connectivity index (χ0v) is 14.5. The van der Waals surface area contributed by atoms with Crippen LogP contribution in [0.15, 0.2) is 16.7 Å². The van der Waals surface area contributed by atoms with Crippen molar-refractivity contribution in [3.63, 3.8) is 0 Å². The summed E-state index contributed by atoms with van der Waals surface area (Å²) in [7, 11) is 4.16. The van der Waals surface area contributed by atoms with Crippen LogP contribution in [-0.2, 0) is 0 Å². The van der Waals surface area contributed by atoms with Crippen LogP contribution in [0, 0.1) is 0 Å². The van der Waals surface area contributed by atoms with Crippen LogP contribution < -0.4 is 10.6 Å². The van der Waals surface area contributed by atoms with E-state index in [4.69, 9.17) is 0 Å². The van der Waals surface area contributed by atoms with Crippen LogP contribution in [0.5, 0.6) is 0 Å². The van der Waals surface area contributed by atoms with Gasteiger partial charge < -0.3 is 15.5 Å². The van der Waals surface area contributed by atoms with Gasteiger partial charge in [0.05, 0.1) is 5.56 Å².